The summed E-state index contributed by atoms with van der Waals surface area (Å²) in [7, 11) is 3.22. The standard InChI is InChI=1S/C27H34N2O5/c1-6-29(7-2)24(19-9-8-10-20(15-19)32-4)17-28-26(30)14-13-23-18(3)22-12-11-21(33-5)16-25(22)34-27(23)31/h8-12,15-16,24H,6-7,13-14,17H2,1-5H3,(H,28,30). The van der Waals surface area contributed by atoms with Crippen LogP contribution in [0.2, 0.25) is 0 Å². The van der Waals surface area contributed by atoms with Crippen LogP contribution in [0.5, 0.6) is 11.5 Å². The molecule has 1 atom stereocenters. The fraction of sp³-hybridized carbons (Fsp3) is 0.407. The number of amides is 1. The smallest absolute Gasteiger partial charge is 0.339 e. The minimum atomic E-state index is -0.413. The number of likely N-dealkylation sites (N-methyl/N-ethyl adjacent to an activating group) is 1. The highest BCUT2D eigenvalue weighted by Crippen LogP contribution is 2.25. The van der Waals surface area contributed by atoms with E-state index in [9.17, 15) is 9.59 Å². The number of carbonyl (C=O) groups is 1. The molecule has 34 heavy (non-hydrogen) atoms. The first-order valence-corrected chi connectivity index (χ1v) is 11.7. The van der Waals surface area contributed by atoms with E-state index in [1.165, 1.54) is 0 Å². The summed E-state index contributed by atoms with van der Waals surface area (Å²) in [5.74, 6) is 1.31. The lowest BCUT2D eigenvalue weighted by Crippen LogP contribution is -2.38. The van der Waals surface area contributed by atoms with E-state index in [0.29, 0.717) is 29.9 Å². The normalized spacial score (nSPS) is 12.1. The van der Waals surface area contributed by atoms with Crippen molar-refractivity contribution < 1.29 is 18.7 Å². The Morgan fingerprint density at radius 2 is 1.76 bits per heavy atom. The van der Waals surface area contributed by atoms with Crippen molar-refractivity contribution in [1.82, 2.24) is 10.2 Å². The highest BCUT2D eigenvalue weighted by atomic mass is 16.5. The number of nitrogens with one attached hydrogen (secondary N) is 1. The van der Waals surface area contributed by atoms with Crippen LogP contribution in [0.15, 0.2) is 51.7 Å². The van der Waals surface area contributed by atoms with E-state index in [1.54, 1.807) is 20.3 Å². The Bertz CT molecular complexity index is 1180. The number of benzene rings is 2. The fourth-order valence-corrected chi connectivity index (χ4v) is 4.30. The number of rotatable bonds is 11. The van der Waals surface area contributed by atoms with E-state index in [0.717, 1.165) is 35.4 Å². The lowest BCUT2D eigenvalue weighted by atomic mass is 10.0. The summed E-state index contributed by atoms with van der Waals surface area (Å²) in [5.41, 5.74) is 2.52. The van der Waals surface area contributed by atoms with Gasteiger partial charge in [0, 0.05) is 30.0 Å². The van der Waals surface area contributed by atoms with Gasteiger partial charge in [0.2, 0.25) is 5.91 Å². The maximum absolute atomic E-state index is 12.7. The number of hydrogen-bond donors (Lipinski definition) is 1. The summed E-state index contributed by atoms with van der Waals surface area (Å²) in [6, 6.07) is 13.4. The van der Waals surface area contributed by atoms with Gasteiger partial charge in [-0.1, -0.05) is 26.0 Å². The number of methoxy groups -OCH3 is 2. The summed E-state index contributed by atoms with van der Waals surface area (Å²) in [4.78, 5) is 27.6. The second-order valence-electron chi connectivity index (χ2n) is 8.17. The van der Waals surface area contributed by atoms with E-state index in [4.69, 9.17) is 13.9 Å². The third kappa shape index (κ3) is 5.78. The number of fused-ring (bicyclic) bond motifs is 1. The molecule has 0 aliphatic heterocycles. The van der Waals surface area contributed by atoms with Crippen molar-refractivity contribution in [2.45, 2.75) is 39.7 Å². The Hall–Kier alpha value is -3.32. The molecule has 0 saturated heterocycles. The summed E-state index contributed by atoms with van der Waals surface area (Å²) in [6.07, 6.45) is 0.521. The van der Waals surface area contributed by atoms with Gasteiger partial charge in [0.05, 0.1) is 20.3 Å². The molecule has 1 aromatic heterocycles. The van der Waals surface area contributed by atoms with Crippen molar-refractivity contribution in [2.24, 2.45) is 0 Å². The average Bonchev–Trinajstić information content (AvgIpc) is 2.85. The third-order valence-corrected chi connectivity index (χ3v) is 6.32. The highest BCUT2D eigenvalue weighted by Gasteiger charge is 2.20. The molecule has 3 rings (SSSR count). The maximum Gasteiger partial charge on any atom is 0.339 e. The van der Waals surface area contributed by atoms with Gasteiger partial charge < -0.3 is 19.2 Å². The molecule has 0 fully saturated rings. The summed E-state index contributed by atoms with van der Waals surface area (Å²) < 4.78 is 16.1. The number of hydrogen-bond acceptors (Lipinski definition) is 6. The van der Waals surface area contributed by atoms with Gasteiger partial charge in [-0.3, -0.25) is 9.69 Å². The molecule has 1 N–H and O–H groups in total. The second kappa shape index (κ2) is 11.7. The SMILES string of the molecule is CCN(CC)C(CNC(=O)CCc1c(C)c2ccc(OC)cc2oc1=O)c1cccc(OC)c1. The van der Waals surface area contributed by atoms with Crippen molar-refractivity contribution in [1.29, 1.82) is 0 Å². The van der Waals surface area contributed by atoms with Gasteiger partial charge in [0.15, 0.2) is 0 Å². The van der Waals surface area contributed by atoms with Gasteiger partial charge in [-0.15, -0.1) is 0 Å². The van der Waals surface area contributed by atoms with Crippen LogP contribution in [-0.4, -0.2) is 44.7 Å². The summed E-state index contributed by atoms with van der Waals surface area (Å²) >= 11 is 0. The molecule has 182 valence electrons. The van der Waals surface area contributed by atoms with Crippen molar-refractivity contribution in [3.63, 3.8) is 0 Å². The number of nitrogens with zero attached hydrogens (tertiary/aromatic N) is 1. The van der Waals surface area contributed by atoms with Crippen molar-refractivity contribution in [3.8, 4) is 11.5 Å². The molecule has 7 heteroatoms. The van der Waals surface area contributed by atoms with Crippen LogP contribution in [0.25, 0.3) is 11.0 Å². The molecule has 0 aliphatic rings. The first-order chi connectivity index (χ1) is 16.4. The number of ether oxygens (including phenoxy) is 2. The molecular weight excluding hydrogens is 432 g/mol. The van der Waals surface area contributed by atoms with Gasteiger partial charge in [0.1, 0.15) is 17.1 Å². The van der Waals surface area contributed by atoms with Gasteiger partial charge in [0.25, 0.3) is 0 Å². The summed E-state index contributed by atoms with van der Waals surface area (Å²) in [5, 5.41) is 3.90. The fourth-order valence-electron chi connectivity index (χ4n) is 4.30. The lowest BCUT2D eigenvalue weighted by Gasteiger charge is -2.30. The summed E-state index contributed by atoms with van der Waals surface area (Å²) in [6.45, 7) is 8.29. The van der Waals surface area contributed by atoms with Crippen LogP contribution in [0, 0.1) is 6.92 Å². The maximum atomic E-state index is 12.7. The van der Waals surface area contributed by atoms with E-state index in [1.807, 2.05) is 37.3 Å². The molecular formula is C27H34N2O5. The van der Waals surface area contributed by atoms with Gasteiger partial charge in [-0.2, -0.15) is 0 Å². The Morgan fingerprint density at radius 3 is 2.44 bits per heavy atom. The predicted molar refractivity (Wildman–Crippen MR) is 134 cm³/mol. The Labute approximate surface area is 200 Å². The molecule has 0 bridgehead atoms. The lowest BCUT2D eigenvalue weighted by molar-refractivity contribution is -0.121. The second-order valence-corrected chi connectivity index (χ2v) is 8.17. The molecule has 0 spiro atoms. The molecule has 1 amide bonds. The van der Waals surface area contributed by atoms with Crippen LogP contribution < -0.4 is 20.4 Å². The average molecular weight is 467 g/mol. The topological polar surface area (TPSA) is 81.0 Å². The molecule has 3 aromatic rings. The third-order valence-electron chi connectivity index (χ3n) is 6.32. The first kappa shape index (κ1) is 25.3. The minimum absolute atomic E-state index is 0.0245. The molecule has 1 unspecified atom stereocenters. The Balaban J connectivity index is 1.70. The Kier molecular flexibility index (Phi) is 8.71. The Morgan fingerprint density at radius 1 is 1.06 bits per heavy atom. The van der Waals surface area contributed by atoms with E-state index in [-0.39, 0.29) is 18.4 Å². The van der Waals surface area contributed by atoms with Crippen LogP contribution in [-0.2, 0) is 11.2 Å². The molecule has 0 saturated carbocycles. The number of aryl methyl sites for hydroxylation is 1. The van der Waals surface area contributed by atoms with Gasteiger partial charge in [-0.25, -0.2) is 4.79 Å². The first-order valence-electron chi connectivity index (χ1n) is 11.7. The van der Waals surface area contributed by atoms with Crippen LogP contribution in [0.1, 0.15) is 43.0 Å². The van der Waals surface area contributed by atoms with Crippen molar-refractivity contribution in [3.05, 3.63) is 69.6 Å². The van der Waals surface area contributed by atoms with E-state index >= 15 is 0 Å². The van der Waals surface area contributed by atoms with Crippen LogP contribution >= 0.6 is 0 Å². The minimum Gasteiger partial charge on any atom is -0.497 e. The van der Waals surface area contributed by atoms with E-state index in [2.05, 4.69) is 30.1 Å². The monoisotopic (exact) mass is 466 g/mol. The molecule has 0 radical (unpaired) electrons. The van der Waals surface area contributed by atoms with Crippen LogP contribution in [0.4, 0.5) is 0 Å². The van der Waals surface area contributed by atoms with Crippen LogP contribution in [0.3, 0.4) is 0 Å². The van der Waals surface area contributed by atoms with Crippen molar-refractivity contribution >= 4 is 16.9 Å². The van der Waals surface area contributed by atoms with Crippen molar-refractivity contribution in [2.75, 3.05) is 33.9 Å². The molecule has 1 heterocycles. The predicted octanol–water partition coefficient (Wildman–Crippen LogP) is 4.25. The number of carbonyl (C=O) groups excluding carboxylic acids is 1. The zero-order valence-electron chi connectivity index (χ0n) is 20.6. The van der Waals surface area contributed by atoms with E-state index < -0.39 is 5.63 Å². The van der Waals surface area contributed by atoms with Gasteiger partial charge >= 0.3 is 5.63 Å². The molecule has 7 nitrogen and oxygen atoms in total. The largest absolute Gasteiger partial charge is 0.497 e. The highest BCUT2D eigenvalue weighted by molar-refractivity contribution is 5.82. The zero-order valence-corrected chi connectivity index (χ0v) is 20.6. The zero-order chi connectivity index (χ0) is 24.7. The molecule has 2 aromatic carbocycles. The van der Waals surface area contributed by atoms with Gasteiger partial charge in [-0.05, 0) is 61.8 Å². The quantitative estimate of drug-likeness (QED) is 0.426. The molecule has 0 aliphatic carbocycles.